The van der Waals surface area contributed by atoms with Crippen LogP contribution in [-0.2, 0) is 11.3 Å². The van der Waals surface area contributed by atoms with Crippen LogP contribution >= 0.6 is 11.8 Å². The highest BCUT2D eigenvalue weighted by Crippen LogP contribution is 2.25. The van der Waals surface area contributed by atoms with Crippen molar-refractivity contribution in [2.75, 3.05) is 5.75 Å². The number of rotatable bonds is 5. The molecule has 0 spiro atoms. The van der Waals surface area contributed by atoms with E-state index in [-0.39, 0.29) is 11.4 Å². The maximum atomic E-state index is 12.0. The van der Waals surface area contributed by atoms with E-state index < -0.39 is 0 Å². The fraction of sp³-hybridized carbons (Fsp3) is 0.529. The number of hydrogen-bond donors (Lipinski definition) is 1. The molecule has 0 bridgehead atoms. The molecule has 0 aliphatic carbocycles. The summed E-state index contributed by atoms with van der Waals surface area (Å²) in [4.78, 5) is 16.7. The van der Waals surface area contributed by atoms with Crippen LogP contribution in [0.1, 0.15) is 34.6 Å². The average Bonchev–Trinajstić information content (AvgIpc) is 2.72. The van der Waals surface area contributed by atoms with Gasteiger partial charge in [-0.15, -0.1) is 0 Å². The maximum Gasteiger partial charge on any atom is 0.230 e. The van der Waals surface area contributed by atoms with Crippen LogP contribution in [0.25, 0.3) is 11.0 Å². The number of nitrogens with zero attached hydrogens (tertiary/aromatic N) is 2. The molecule has 0 atom stereocenters. The number of carbonyl (C=O) groups is 1. The van der Waals surface area contributed by atoms with Crippen molar-refractivity contribution in [3.05, 3.63) is 24.3 Å². The van der Waals surface area contributed by atoms with Gasteiger partial charge in [-0.1, -0.05) is 37.7 Å². The summed E-state index contributed by atoms with van der Waals surface area (Å²) in [5.41, 5.74) is 1.92. The van der Waals surface area contributed by atoms with E-state index in [4.69, 9.17) is 0 Å². The Morgan fingerprint density at radius 1 is 1.32 bits per heavy atom. The van der Waals surface area contributed by atoms with E-state index in [1.165, 1.54) is 11.8 Å². The van der Waals surface area contributed by atoms with Gasteiger partial charge in [-0.3, -0.25) is 4.79 Å². The summed E-state index contributed by atoms with van der Waals surface area (Å²) in [7, 11) is 0. The number of hydrogen-bond acceptors (Lipinski definition) is 3. The van der Waals surface area contributed by atoms with Gasteiger partial charge in [-0.2, -0.15) is 0 Å². The molecule has 0 saturated heterocycles. The Morgan fingerprint density at radius 3 is 2.64 bits per heavy atom. The van der Waals surface area contributed by atoms with E-state index in [0.29, 0.717) is 11.7 Å². The molecule has 1 amide bonds. The number of fused-ring (bicyclic) bond motifs is 1. The second kappa shape index (κ2) is 6.73. The topological polar surface area (TPSA) is 46.9 Å². The number of benzene rings is 1. The van der Waals surface area contributed by atoms with Gasteiger partial charge in [0.15, 0.2) is 5.16 Å². The molecule has 0 saturated carbocycles. The lowest BCUT2D eigenvalue weighted by molar-refractivity contribution is -0.119. The first-order valence-corrected chi connectivity index (χ1v) is 8.64. The van der Waals surface area contributed by atoms with Crippen molar-refractivity contribution in [1.82, 2.24) is 14.9 Å². The zero-order valence-corrected chi connectivity index (χ0v) is 14.8. The van der Waals surface area contributed by atoms with E-state index in [1.54, 1.807) is 0 Å². The van der Waals surface area contributed by atoms with Crippen LogP contribution in [0.3, 0.4) is 0 Å². The van der Waals surface area contributed by atoms with Gasteiger partial charge in [-0.05, 0) is 38.8 Å². The molecule has 0 aliphatic heterocycles. The summed E-state index contributed by atoms with van der Waals surface area (Å²) in [6, 6.07) is 8.13. The highest BCUT2D eigenvalue weighted by molar-refractivity contribution is 7.99. The van der Waals surface area contributed by atoms with Gasteiger partial charge < -0.3 is 9.88 Å². The predicted molar refractivity (Wildman–Crippen MR) is 93.2 cm³/mol. The van der Waals surface area contributed by atoms with E-state index in [2.05, 4.69) is 34.8 Å². The zero-order chi connectivity index (χ0) is 16.3. The molecule has 1 aromatic heterocycles. The lowest BCUT2D eigenvalue weighted by Gasteiger charge is -2.20. The van der Waals surface area contributed by atoms with Crippen LogP contribution in [0, 0.1) is 5.92 Å². The van der Waals surface area contributed by atoms with Crippen molar-refractivity contribution in [2.45, 2.75) is 51.9 Å². The van der Waals surface area contributed by atoms with Gasteiger partial charge in [0.05, 0.1) is 16.8 Å². The molecule has 2 rings (SSSR count). The van der Waals surface area contributed by atoms with Crippen LogP contribution in [-0.4, -0.2) is 26.8 Å². The third kappa shape index (κ3) is 4.50. The van der Waals surface area contributed by atoms with Crippen molar-refractivity contribution >= 4 is 28.7 Å². The van der Waals surface area contributed by atoms with Crippen molar-refractivity contribution in [1.29, 1.82) is 0 Å². The summed E-state index contributed by atoms with van der Waals surface area (Å²) in [6.07, 6.45) is 0. The van der Waals surface area contributed by atoms with E-state index >= 15 is 0 Å². The minimum absolute atomic E-state index is 0.0423. The monoisotopic (exact) mass is 319 g/mol. The third-order valence-corrected chi connectivity index (χ3v) is 3.99. The normalized spacial score (nSPS) is 12.1. The van der Waals surface area contributed by atoms with Crippen LogP contribution in [0.15, 0.2) is 29.4 Å². The average molecular weight is 319 g/mol. The van der Waals surface area contributed by atoms with Gasteiger partial charge in [0, 0.05) is 12.1 Å². The first-order valence-electron chi connectivity index (χ1n) is 7.65. The van der Waals surface area contributed by atoms with E-state index in [0.717, 1.165) is 22.7 Å². The summed E-state index contributed by atoms with van der Waals surface area (Å²) in [5, 5.41) is 3.90. The second-order valence-electron chi connectivity index (χ2n) is 6.97. The number of nitrogens with one attached hydrogen (secondary N) is 1. The van der Waals surface area contributed by atoms with Crippen molar-refractivity contribution in [3.8, 4) is 0 Å². The van der Waals surface area contributed by atoms with Crippen molar-refractivity contribution < 1.29 is 4.79 Å². The van der Waals surface area contributed by atoms with Crippen LogP contribution in [0.5, 0.6) is 0 Å². The van der Waals surface area contributed by atoms with Crippen LogP contribution in [0.4, 0.5) is 0 Å². The highest BCUT2D eigenvalue weighted by atomic mass is 32.2. The Morgan fingerprint density at radius 2 is 2.00 bits per heavy atom. The van der Waals surface area contributed by atoms with Crippen molar-refractivity contribution in [3.63, 3.8) is 0 Å². The van der Waals surface area contributed by atoms with Gasteiger partial charge in [0.1, 0.15) is 0 Å². The molecular formula is C17H25N3OS. The van der Waals surface area contributed by atoms with Gasteiger partial charge >= 0.3 is 0 Å². The molecule has 1 aromatic carbocycles. The van der Waals surface area contributed by atoms with Crippen LogP contribution in [0.2, 0.25) is 0 Å². The SMILES string of the molecule is CC(C)Cn1c(SCC(=O)NC(C)(C)C)nc2ccccc21. The molecular weight excluding hydrogens is 294 g/mol. The Bertz CT molecular complexity index is 655. The summed E-state index contributed by atoms with van der Waals surface area (Å²) in [6.45, 7) is 11.3. The lowest BCUT2D eigenvalue weighted by atomic mass is 10.1. The van der Waals surface area contributed by atoms with E-state index in [1.807, 2.05) is 39.0 Å². The lowest BCUT2D eigenvalue weighted by Crippen LogP contribution is -2.41. The Labute approximate surface area is 136 Å². The number of carbonyl (C=O) groups excluding carboxylic acids is 1. The minimum atomic E-state index is -0.199. The van der Waals surface area contributed by atoms with Crippen LogP contribution < -0.4 is 5.32 Å². The third-order valence-electron chi connectivity index (χ3n) is 3.01. The molecule has 22 heavy (non-hydrogen) atoms. The summed E-state index contributed by atoms with van der Waals surface area (Å²) < 4.78 is 2.22. The molecule has 4 nitrogen and oxygen atoms in total. The Balaban J connectivity index is 2.18. The summed E-state index contributed by atoms with van der Waals surface area (Å²) >= 11 is 1.50. The molecule has 0 fully saturated rings. The smallest absolute Gasteiger partial charge is 0.230 e. The Hall–Kier alpha value is -1.49. The number of para-hydroxylation sites is 2. The number of aromatic nitrogens is 2. The predicted octanol–water partition coefficient (Wildman–Crippen LogP) is 3.70. The summed E-state index contributed by atoms with van der Waals surface area (Å²) in [5.74, 6) is 0.958. The molecule has 120 valence electrons. The highest BCUT2D eigenvalue weighted by Gasteiger charge is 2.16. The first kappa shape index (κ1) is 16.9. The van der Waals surface area contributed by atoms with Gasteiger partial charge in [0.25, 0.3) is 0 Å². The fourth-order valence-electron chi connectivity index (χ4n) is 2.29. The number of thioether (sulfide) groups is 1. The molecule has 0 radical (unpaired) electrons. The standard InChI is InChI=1S/C17H25N3OS/c1-12(2)10-20-14-9-7-6-8-13(14)18-16(20)22-11-15(21)19-17(3,4)5/h6-9,12H,10-11H2,1-5H3,(H,19,21). The molecule has 0 aliphatic rings. The second-order valence-corrected chi connectivity index (χ2v) is 7.92. The quantitative estimate of drug-likeness (QED) is 0.855. The molecule has 2 aromatic rings. The van der Waals surface area contributed by atoms with Gasteiger partial charge in [0.2, 0.25) is 5.91 Å². The number of imidazole rings is 1. The van der Waals surface area contributed by atoms with Crippen molar-refractivity contribution in [2.24, 2.45) is 5.92 Å². The maximum absolute atomic E-state index is 12.0. The first-order chi connectivity index (χ1) is 10.3. The largest absolute Gasteiger partial charge is 0.351 e. The molecule has 1 heterocycles. The zero-order valence-electron chi connectivity index (χ0n) is 14.0. The molecule has 0 unspecified atom stereocenters. The molecule has 5 heteroatoms. The minimum Gasteiger partial charge on any atom is -0.351 e. The molecule has 1 N–H and O–H groups in total. The van der Waals surface area contributed by atoms with E-state index in [9.17, 15) is 4.79 Å². The number of amides is 1. The van der Waals surface area contributed by atoms with Gasteiger partial charge in [-0.25, -0.2) is 4.98 Å². The Kier molecular flexibility index (Phi) is 5.16. The fourth-order valence-corrected chi connectivity index (χ4v) is 3.11.